The number of aliphatic carboxylic acids is 1. The summed E-state index contributed by atoms with van der Waals surface area (Å²) in [6, 6.07) is 6.02. The highest BCUT2D eigenvalue weighted by Crippen LogP contribution is 2.34. The van der Waals surface area contributed by atoms with Crippen molar-refractivity contribution in [2.24, 2.45) is 0 Å². The Morgan fingerprint density at radius 1 is 1.25 bits per heavy atom. The van der Waals surface area contributed by atoms with Gasteiger partial charge in [-0.05, 0) is 49.5 Å². The van der Waals surface area contributed by atoms with Gasteiger partial charge in [0.15, 0.2) is 11.5 Å². The minimum atomic E-state index is -0.755. The number of piperidine rings is 1. The highest BCUT2D eigenvalue weighted by atomic mass is 16.5. The fourth-order valence-corrected chi connectivity index (χ4v) is 2.72. The molecule has 1 aliphatic heterocycles. The van der Waals surface area contributed by atoms with Gasteiger partial charge in [0.2, 0.25) is 0 Å². The van der Waals surface area contributed by atoms with E-state index in [1.54, 1.807) is 14.2 Å². The van der Waals surface area contributed by atoms with E-state index in [-0.39, 0.29) is 6.54 Å². The van der Waals surface area contributed by atoms with Crippen LogP contribution in [0, 0.1) is 0 Å². The van der Waals surface area contributed by atoms with Gasteiger partial charge < -0.3 is 14.6 Å². The number of hydrogen-bond donors (Lipinski definition) is 1. The lowest BCUT2D eigenvalue weighted by atomic mass is 9.89. The van der Waals surface area contributed by atoms with Gasteiger partial charge in [-0.2, -0.15) is 0 Å². The molecule has 0 aromatic heterocycles. The smallest absolute Gasteiger partial charge is 0.317 e. The average Bonchev–Trinajstić information content (AvgIpc) is 2.46. The first-order chi connectivity index (χ1) is 9.63. The number of nitrogens with zero attached hydrogens (tertiary/aromatic N) is 1. The first-order valence-electron chi connectivity index (χ1n) is 6.80. The highest BCUT2D eigenvalue weighted by molar-refractivity contribution is 5.69. The van der Waals surface area contributed by atoms with Gasteiger partial charge in [-0.15, -0.1) is 0 Å². The van der Waals surface area contributed by atoms with Gasteiger partial charge >= 0.3 is 5.97 Å². The Kier molecular flexibility index (Phi) is 4.84. The van der Waals surface area contributed by atoms with Crippen molar-refractivity contribution in [3.63, 3.8) is 0 Å². The minimum absolute atomic E-state index is 0.138. The lowest BCUT2D eigenvalue weighted by Gasteiger charge is -2.31. The second-order valence-electron chi connectivity index (χ2n) is 5.06. The van der Waals surface area contributed by atoms with E-state index in [2.05, 4.69) is 6.07 Å². The van der Waals surface area contributed by atoms with E-state index >= 15 is 0 Å². The molecule has 1 N–H and O–H groups in total. The summed E-state index contributed by atoms with van der Waals surface area (Å²) in [7, 11) is 3.26. The number of hydrogen-bond acceptors (Lipinski definition) is 4. The Hall–Kier alpha value is -1.75. The largest absolute Gasteiger partial charge is 0.493 e. The molecule has 1 aromatic rings. The molecular weight excluding hydrogens is 258 g/mol. The van der Waals surface area contributed by atoms with Crippen LogP contribution in [0.1, 0.15) is 24.3 Å². The fourth-order valence-electron chi connectivity index (χ4n) is 2.72. The third-order valence-electron chi connectivity index (χ3n) is 3.83. The number of carbonyl (C=O) groups is 1. The zero-order chi connectivity index (χ0) is 14.5. The van der Waals surface area contributed by atoms with Crippen molar-refractivity contribution in [1.82, 2.24) is 4.90 Å². The van der Waals surface area contributed by atoms with Crippen molar-refractivity contribution >= 4 is 5.97 Å². The predicted octanol–water partition coefficient (Wildman–Crippen LogP) is 1.97. The molecule has 0 unspecified atom stereocenters. The standard InChI is InChI=1S/C15H21NO4/c1-19-13-4-3-12(9-14(13)20-2)11-5-7-16(8-6-11)10-15(17)18/h3-4,9,11H,5-8,10H2,1-2H3,(H,17,18). The van der Waals surface area contributed by atoms with Crippen LogP contribution in [0.4, 0.5) is 0 Å². The number of ether oxygens (including phenoxy) is 2. The third-order valence-corrected chi connectivity index (χ3v) is 3.83. The van der Waals surface area contributed by atoms with Crippen molar-refractivity contribution in [1.29, 1.82) is 0 Å². The quantitative estimate of drug-likeness (QED) is 0.893. The minimum Gasteiger partial charge on any atom is -0.493 e. The van der Waals surface area contributed by atoms with Gasteiger partial charge in [-0.3, -0.25) is 9.69 Å². The number of rotatable bonds is 5. The van der Waals surface area contributed by atoms with Gasteiger partial charge in [0, 0.05) is 0 Å². The molecule has 1 fully saturated rings. The Balaban J connectivity index is 2.01. The van der Waals surface area contributed by atoms with Crippen LogP contribution in [0.15, 0.2) is 18.2 Å². The van der Waals surface area contributed by atoms with Crippen LogP contribution in [-0.2, 0) is 4.79 Å². The van der Waals surface area contributed by atoms with Crippen LogP contribution in [0.25, 0.3) is 0 Å². The van der Waals surface area contributed by atoms with Gasteiger partial charge in [0.25, 0.3) is 0 Å². The van der Waals surface area contributed by atoms with E-state index in [0.29, 0.717) is 5.92 Å². The topological polar surface area (TPSA) is 59.0 Å². The second kappa shape index (κ2) is 6.61. The maximum atomic E-state index is 10.7. The number of carboxylic acids is 1. The van der Waals surface area contributed by atoms with Gasteiger partial charge in [-0.1, -0.05) is 6.07 Å². The Morgan fingerprint density at radius 2 is 1.90 bits per heavy atom. The molecule has 0 aliphatic carbocycles. The average molecular weight is 279 g/mol. The molecule has 1 saturated heterocycles. The zero-order valence-corrected chi connectivity index (χ0v) is 12.0. The summed E-state index contributed by atoms with van der Waals surface area (Å²) in [6.45, 7) is 1.79. The first kappa shape index (κ1) is 14.7. The molecule has 0 spiro atoms. The van der Waals surface area contributed by atoms with Crippen molar-refractivity contribution < 1.29 is 19.4 Å². The summed E-state index contributed by atoms with van der Waals surface area (Å²) in [5.74, 6) is 1.19. The van der Waals surface area contributed by atoms with E-state index in [1.165, 1.54) is 5.56 Å². The van der Waals surface area contributed by atoms with Crippen LogP contribution in [0.2, 0.25) is 0 Å². The molecule has 5 nitrogen and oxygen atoms in total. The van der Waals surface area contributed by atoms with Gasteiger partial charge in [0.05, 0.1) is 20.8 Å². The van der Waals surface area contributed by atoms with Crippen molar-refractivity contribution in [2.75, 3.05) is 33.9 Å². The third kappa shape index (κ3) is 3.42. The van der Waals surface area contributed by atoms with Crippen LogP contribution >= 0.6 is 0 Å². The molecule has 0 radical (unpaired) electrons. The van der Waals surface area contributed by atoms with E-state index in [9.17, 15) is 4.79 Å². The number of likely N-dealkylation sites (tertiary alicyclic amines) is 1. The van der Waals surface area contributed by atoms with Crippen LogP contribution in [0.3, 0.4) is 0 Å². The summed E-state index contributed by atoms with van der Waals surface area (Å²) in [4.78, 5) is 12.7. The van der Waals surface area contributed by atoms with Crippen LogP contribution in [0.5, 0.6) is 11.5 Å². The summed E-state index contributed by atoms with van der Waals surface area (Å²) < 4.78 is 10.6. The number of methoxy groups -OCH3 is 2. The summed E-state index contributed by atoms with van der Waals surface area (Å²) in [5.41, 5.74) is 1.23. The molecule has 1 aliphatic rings. The lowest BCUT2D eigenvalue weighted by Crippen LogP contribution is -2.36. The number of benzene rings is 1. The van der Waals surface area contributed by atoms with E-state index in [4.69, 9.17) is 14.6 Å². The normalized spacial score (nSPS) is 16.9. The molecule has 0 bridgehead atoms. The first-order valence-corrected chi connectivity index (χ1v) is 6.80. The molecule has 0 saturated carbocycles. The maximum absolute atomic E-state index is 10.7. The molecule has 0 amide bonds. The number of carboxylic acid groups (broad SMARTS) is 1. The monoisotopic (exact) mass is 279 g/mol. The van der Waals surface area contributed by atoms with E-state index in [0.717, 1.165) is 37.4 Å². The van der Waals surface area contributed by atoms with E-state index < -0.39 is 5.97 Å². The molecule has 20 heavy (non-hydrogen) atoms. The van der Waals surface area contributed by atoms with Gasteiger partial charge in [-0.25, -0.2) is 0 Å². The Morgan fingerprint density at radius 3 is 2.45 bits per heavy atom. The molecule has 0 atom stereocenters. The molecule has 2 rings (SSSR count). The Labute approximate surface area is 119 Å². The lowest BCUT2D eigenvalue weighted by molar-refractivity contribution is -0.138. The molecule has 1 aromatic carbocycles. The molecule has 1 heterocycles. The molecule has 110 valence electrons. The van der Waals surface area contributed by atoms with Crippen LogP contribution < -0.4 is 9.47 Å². The molecular formula is C15H21NO4. The Bertz CT molecular complexity index is 467. The highest BCUT2D eigenvalue weighted by Gasteiger charge is 2.22. The SMILES string of the molecule is COc1ccc(C2CCN(CC(=O)O)CC2)cc1OC. The predicted molar refractivity (Wildman–Crippen MR) is 75.6 cm³/mol. The van der Waals surface area contributed by atoms with Crippen LogP contribution in [-0.4, -0.2) is 49.8 Å². The van der Waals surface area contributed by atoms with Crippen molar-refractivity contribution in [3.8, 4) is 11.5 Å². The fraction of sp³-hybridized carbons (Fsp3) is 0.533. The summed E-state index contributed by atoms with van der Waals surface area (Å²) in [6.07, 6.45) is 1.95. The van der Waals surface area contributed by atoms with E-state index in [1.807, 2.05) is 17.0 Å². The van der Waals surface area contributed by atoms with Crippen molar-refractivity contribution in [3.05, 3.63) is 23.8 Å². The molecule has 5 heteroatoms. The zero-order valence-electron chi connectivity index (χ0n) is 12.0. The summed E-state index contributed by atoms with van der Waals surface area (Å²) in [5, 5.41) is 8.80. The second-order valence-corrected chi connectivity index (χ2v) is 5.06. The van der Waals surface area contributed by atoms with Crippen molar-refractivity contribution in [2.45, 2.75) is 18.8 Å². The maximum Gasteiger partial charge on any atom is 0.317 e. The van der Waals surface area contributed by atoms with Gasteiger partial charge in [0.1, 0.15) is 0 Å². The summed E-state index contributed by atoms with van der Waals surface area (Å²) >= 11 is 0.